The lowest BCUT2D eigenvalue weighted by molar-refractivity contribution is -0.142. The van der Waals surface area contributed by atoms with Crippen LogP contribution in [0.1, 0.15) is 6.42 Å². The summed E-state index contributed by atoms with van der Waals surface area (Å²) in [5.41, 5.74) is 5.45. The number of nitrogens with one attached hydrogen (secondary N) is 1. The molecule has 0 aliphatic carbocycles. The highest BCUT2D eigenvalue weighted by atomic mass is 16.5. The predicted molar refractivity (Wildman–Crippen MR) is 49.5 cm³/mol. The maximum absolute atomic E-state index is 10.8. The van der Waals surface area contributed by atoms with E-state index in [1.807, 2.05) is 0 Å². The van der Waals surface area contributed by atoms with Crippen LogP contribution >= 0.6 is 0 Å². The Bertz CT molecular complexity index is 196. The summed E-state index contributed by atoms with van der Waals surface area (Å²) >= 11 is 0. The second kappa shape index (κ2) is 7.28. The smallest absolute Gasteiger partial charge is 0.322 e. The summed E-state index contributed by atoms with van der Waals surface area (Å²) in [5, 5.41) is 2.78. The molecule has 14 heavy (non-hydrogen) atoms. The first-order valence-electron chi connectivity index (χ1n) is 4.22. The van der Waals surface area contributed by atoms with Crippen molar-refractivity contribution in [3.63, 3.8) is 0 Å². The van der Waals surface area contributed by atoms with Crippen LogP contribution in [0.3, 0.4) is 0 Å². The highest BCUT2D eigenvalue weighted by molar-refractivity contribution is 5.75. The van der Waals surface area contributed by atoms with E-state index < -0.39 is 12.0 Å². The molecular weight excluding hydrogens is 188 g/mol. The Morgan fingerprint density at radius 2 is 2.00 bits per heavy atom. The number of hydrogen-bond acceptors (Lipinski definition) is 6. The van der Waals surface area contributed by atoms with Crippen molar-refractivity contribution in [2.75, 3.05) is 27.3 Å². The zero-order chi connectivity index (χ0) is 11.0. The summed E-state index contributed by atoms with van der Waals surface area (Å²) in [7, 11) is 2.59. The first-order chi connectivity index (χ1) is 6.61. The van der Waals surface area contributed by atoms with E-state index in [1.54, 1.807) is 0 Å². The van der Waals surface area contributed by atoms with Crippen molar-refractivity contribution in [1.29, 1.82) is 0 Å². The Hall–Kier alpha value is -1.14. The average molecular weight is 204 g/mol. The number of hydrogen-bond donors (Lipinski definition) is 2. The highest BCUT2D eigenvalue weighted by Crippen LogP contribution is 1.89. The fraction of sp³-hybridized carbons (Fsp3) is 0.750. The normalized spacial score (nSPS) is 11.9. The predicted octanol–water partition coefficient (Wildman–Crippen LogP) is -1.36. The van der Waals surface area contributed by atoms with E-state index in [9.17, 15) is 9.59 Å². The van der Waals surface area contributed by atoms with Crippen LogP contribution < -0.4 is 11.1 Å². The Kier molecular flexibility index (Phi) is 6.69. The molecule has 0 aromatic heterocycles. The maximum Gasteiger partial charge on any atom is 0.322 e. The Morgan fingerprint density at radius 3 is 2.50 bits per heavy atom. The number of carbonyl (C=O) groups is 2. The highest BCUT2D eigenvalue weighted by Gasteiger charge is 2.12. The number of carbonyl (C=O) groups excluding carboxylic acids is 2. The number of ether oxygens (including phenoxy) is 2. The van der Waals surface area contributed by atoms with Gasteiger partial charge in [-0.05, 0) is 13.0 Å². The van der Waals surface area contributed by atoms with E-state index in [2.05, 4.69) is 14.8 Å². The molecule has 6 heteroatoms. The van der Waals surface area contributed by atoms with Gasteiger partial charge in [0.05, 0.1) is 20.8 Å². The third-order valence-electron chi connectivity index (χ3n) is 1.63. The molecular formula is C8H16N2O4. The molecule has 0 bridgehead atoms. The zero-order valence-electron chi connectivity index (χ0n) is 8.41. The second-order valence-corrected chi connectivity index (χ2v) is 2.67. The van der Waals surface area contributed by atoms with Gasteiger partial charge in [-0.3, -0.25) is 9.59 Å². The molecule has 3 N–H and O–H groups in total. The molecule has 0 spiro atoms. The van der Waals surface area contributed by atoms with Crippen LogP contribution in [0.2, 0.25) is 0 Å². The molecule has 0 aliphatic rings. The average Bonchev–Trinajstić information content (AvgIpc) is 2.22. The van der Waals surface area contributed by atoms with Crippen molar-refractivity contribution in [2.24, 2.45) is 5.73 Å². The standard InChI is InChI=1S/C8H16N2O4/c1-13-7(11)5-10-4-3-6(9)8(12)14-2/h6,10H,3-5,9H2,1-2H3. The van der Waals surface area contributed by atoms with Crippen molar-refractivity contribution in [3.8, 4) is 0 Å². The minimum Gasteiger partial charge on any atom is -0.468 e. The molecule has 0 aromatic rings. The van der Waals surface area contributed by atoms with Crippen molar-refractivity contribution < 1.29 is 19.1 Å². The monoisotopic (exact) mass is 204 g/mol. The summed E-state index contributed by atoms with van der Waals surface area (Å²) < 4.78 is 8.83. The number of methoxy groups -OCH3 is 2. The zero-order valence-corrected chi connectivity index (χ0v) is 8.41. The molecule has 82 valence electrons. The van der Waals surface area contributed by atoms with E-state index in [0.29, 0.717) is 13.0 Å². The second-order valence-electron chi connectivity index (χ2n) is 2.67. The molecule has 0 aliphatic heterocycles. The number of nitrogens with two attached hydrogens (primary N) is 1. The van der Waals surface area contributed by atoms with Gasteiger partial charge in [-0.25, -0.2) is 0 Å². The quantitative estimate of drug-likeness (QED) is 0.410. The number of rotatable bonds is 6. The van der Waals surface area contributed by atoms with Gasteiger partial charge in [-0.15, -0.1) is 0 Å². The maximum atomic E-state index is 10.8. The van der Waals surface area contributed by atoms with Crippen LogP contribution in [0.25, 0.3) is 0 Å². The molecule has 0 rings (SSSR count). The summed E-state index contributed by atoms with van der Waals surface area (Å²) in [6.45, 7) is 0.579. The van der Waals surface area contributed by atoms with Gasteiger partial charge in [0.2, 0.25) is 0 Å². The van der Waals surface area contributed by atoms with Gasteiger partial charge in [-0.1, -0.05) is 0 Å². The molecule has 6 nitrogen and oxygen atoms in total. The van der Waals surface area contributed by atoms with Crippen molar-refractivity contribution in [2.45, 2.75) is 12.5 Å². The molecule has 1 unspecified atom stereocenters. The summed E-state index contributed by atoms with van der Waals surface area (Å²) in [5.74, 6) is -0.804. The van der Waals surface area contributed by atoms with Crippen LogP contribution in [0.15, 0.2) is 0 Å². The first kappa shape index (κ1) is 12.9. The summed E-state index contributed by atoms with van der Waals surface area (Å²) in [4.78, 5) is 21.5. The molecule has 0 radical (unpaired) electrons. The van der Waals surface area contributed by atoms with Gasteiger partial charge < -0.3 is 20.5 Å². The molecule has 0 saturated carbocycles. The van der Waals surface area contributed by atoms with Crippen molar-refractivity contribution >= 4 is 11.9 Å². The Balaban J connectivity index is 3.45. The fourth-order valence-corrected chi connectivity index (χ4v) is 0.789. The molecule has 0 amide bonds. The lowest BCUT2D eigenvalue weighted by Gasteiger charge is -2.08. The van der Waals surface area contributed by atoms with E-state index in [1.165, 1.54) is 14.2 Å². The topological polar surface area (TPSA) is 90.6 Å². The molecule has 0 fully saturated rings. The van der Waals surface area contributed by atoms with E-state index in [4.69, 9.17) is 5.73 Å². The largest absolute Gasteiger partial charge is 0.468 e. The van der Waals surface area contributed by atoms with Gasteiger partial charge in [0.1, 0.15) is 6.04 Å². The van der Waals surface area contributed by atoms with Crippen LogP contribution in [-0.4, -0.2) is 45.3 Å². The van der Waals surface area contributed by atoms with E-state index in [-0.39, 0.29) is 12.5 Å². The Labute approximate surface area is 82.7 Å². The number of esters is 2. The van der Waals surface area contributed by atoms with Gasteiger partial charge in [0.15, 0.2) is 0 Å². The van der Waals surface area contributed by atoms with Crippen LogP contribution in [0.4, 0.5) is 0 Å². The summed E-state index contributed by atoms with van der Waals surface area (Å²) in [6.07, 6.45) is 0.420. The van der Waals surface area contributed by atoms with Gasteiger partial charge in [0, 0.05) is 0 Å². The molecule has 0 aromatic carbocycles. The van der Waals surface area contributed by atoms with E-state index >= 15 is 0 Å². The van der Waals surface area contributed by atoms with Crippen molar-refractivity contribution in [1.82, 2.24) is 5.32 Å². The Morgan fingerprint density at radius 1 is 1.36 bits per heavy atom. The van der Waals surface area contributed by atoms with Crippen LogP contribution in [0, 0.1) is 0 Å². The van der Waals surface area contributed by atoms with Crippen molar-refractivity contribution in [3.05, 3.63) is 0 Å². The minimum atomic E-state index is -0.648. The summed E-state index contributed by atoms with van der Waals surface area (Å²) in [6, 6.07) is -0.648. The fourth-order valence-electron chi connectivity index (χ4n) is 0.789. The SMILES string of the molecule is COC(=O)CNCCC(N)C(=O)OC. The third kappa shape index (κ3) is 5.50. The first-order valence-corrected chi connectivity index (χ1v) is 4.22. The molecule has 0 saturated heterocycles. The minimum absolute atomic E-state index is 0.115. The van der Waals surface area contributed by atoms with Gasteiger partial charge in [-0.2, -0.15) is 0 Å². The molecule has 0 heterocycles. The van der Waals surface area contributed by atoms with Crippen LogP contribution in [0.5, 0.6) is 0 Å². The van der Waals surface area contributed by atoms with Gasteiger partial charge in [0.25, 0.3) is 0 Å². The lowest BCUT2D eigenvalue weighted by atomic mass is 10.2. The third-order valence-corrected chi connectivity index (χ3v) is 1.63. The molecule has 1 atom stereocenters. The lowest BCUT2D eigenvalue weighted by Crippen LogP contribution is -2.36. The van der Waals surface area contributed by atoms with Gasteiger partial charge >= 0.3 is 11.9 Å². The van der Waals surface area contributed by atoms with Crippen LogP contribution in [-0.2, 0) is 19.1 Å². The van der Waals surface area contributed by atoms with E-state index in [0.717, 1.165) is 0 Å².